The molecule has 0 aliphatic heterocycles. The Kier molecular flexibility index (Phi) is 5.96. The SMILES string of the molecule is CCNc1ncc(Cl)c(NC(CO)COC)n1. The Morgan fingerprint density at radius 3 is 2.94 bits per heavy atom. The van der Waals surface area contributed by atoms with Crippen LogP contribution in [0.25, 0.3) is 0 Å². The van der Waals surface area contributed by atoms with Gasteiger partial charge in [-0.05, 0) is 6.92 Å². The molecule has 0 aliphatic carbocycles. The fourth-order valence-electron chi connectivity index (χ4n) is 1.25. The van der Waals surface area contributed by atoms with Crippen molar-refractivity contribution in [3.05, 3.63) is 11.2 Å². The Morgan fingerprint density at radius 1 is 1.59 bits per heavy atom. The highest BCUT2D eigenvalue weighted by atomic mass is 35.5. The second kappa shape index (κ2) is 7.26. The molecule has 0 radical (unpaired) electrons. The van der Waals surface area contributed by atoms with Crippen molar-refractivity contribution in [1.29, 1.82) is 0 Å². The van der Waals surface area contributed by atoms with Crippen molar-refractivity contribution in [1.82, 2.24) is 9.97 Å². The molecule has 96 valence electrons. The van der Waals surface area contributed by atoms with E-state index in [0.717, 1.165) is 6.54 Å². The van der Waals surface area contributed by atoms with E-state index in [-0.39, 0.29) is 12.6 Å². The zero-order chi connectivity index (χ0) is 12.7. The minimum atomic E-state index is -0.248. The molecule has 0 aromatic carbocycles. The van der Waals surface area contributed by atoms with Crippen molar-refractivity contribution >= 4 is 23.4 Å². The van der Waals surface area contributed by atoms with E-state index in [4.69, 9.17) is 21.4 Å². The number of nitrogens with zero attached hydrogens (tertiary/aromatic N) is 2. The number of anilines is 2. The zero-order valence-electron chi connectivity index (χ0n) is 9.90. The first-order chi connectivity index (χ1) is 8.21. The minimum Gasteiger partial charge on any atom is -0.394 e. The molecular formula is C10H17ClN4O2. The van der Waals surface area contributed by atoms with E-state index in [1.54, 1.807) is 7.11 Å². The predicted octanol–water partition coefficient (Wildman–Crippen LogP) is 0.981. The van der Waals surface area contributed by atoms with Crippen LogP contribution in [0.15, 0.2) is 6.20 Å². The highest BCUT2D eigenvalue weighted by molar-refractivity contribution is 6.32. The molecule has 0 fully saturated rings. The molecule has 17 heavy (non-hydrogen) atoms. The molecule has 0 saturated carbocycles. The maximum atomic E-state index is 9.14. The molecule has 3 N–H and O–H groups in total. The maximum Gasteiger partial charge on any atom is 0.224 e. The van der Waals surface area contributed by atoms with E-state index in [9.17, 15) is 0 Å². The van der Waals surface area contributed by atoms with Gasteiger partial charge in [-0.1, -0.05) is 11.6 Å². The predicted molar refractivity (Wildman–Crippen MR) is 67.6 cm³/mol. The summed E-state index contributed by atoms with van der Waals surface area (Å²) in [5.41, 5.74) is 0. The molecular weight excluding hydrogens is 244 g/mol. The summed E-state index contributed by atoms with van der Waals surface area (Å²) in [6, 6.07) is -0.248. The first-order valence-electron chi connectivity index (χ1n) is 5.34. The van der Waals surface area contributed by atoms with Crippen LogP contribution in [0, 0.1) is 0 Å². The van der Waals surface area contributed by atoms with Crippen molar-refractivity contribution < 1.29 is 9.84 Å². The van der Waals surface area contributed by atoms with Crippen LogP contribution in [0.2, 0.25) is 5.02 Å². The molecule has 0 aliphatic rings. The average Bonchev–Trinajstić information content (AvgIpc) is 2.33. The first-order valence-corrected chi connectivity index (χ1v) is 5.71. The zero-order valence-corrected chi connectivity index (χ0v) is 10.7. The second-order valence-corrected chi connectivity index (χ2v) is 3.81. The number of aromatic nitrogens is 2. The van der Waals surface area contributed by atoms with E-state index < -0.39 is 0 Å². The summed E-state index contributed by atoms with van der Waals surface area (Å²) in [5, 5.41) is 15.5. The second-order valence-electron chi connectivity index (χ2n) is 3.40. The standard InChI is InChI=1S/C10H17ClN4O2/c1-3-12-10-13-4-8(11)9(15-10)14-7(5-16)6-17-2/h4,7,16H,3,5-6H2,1-2H3,(H2,12,13,14,15). The van der Waals surface area contributed by atoms with Crippen LogP contribution in [0.1, 0.15) is 6.92 Å². The Balaban J connectivity index is 2.76. The lowest BCUT2D eigenvalue weighted by Gasteiger charge is -2.17. The van der Waals surface area contributed by atoms with Gasteiger partial charge >= 0.3 is 0 Å². The third-order valence-corrected chi connectivity index (χ3v) is 2.28. The van der Waals surface area contributed by atoms with E-state index in [0.29, 0.717) is 23.4 Å². The number of hydrogen-bond acceptors (Lipinski definition) is 6. The minimum absolute atomic E-state index is 0.0648. The van der Waals surface area contributed by atoms with Gasteiger partial charge in [-0.15, -0.1) is 0 Å². The smallest absolute Gasteiger partial charge is 0.224 e. The number of rotatable bonds is 7. The molecule has 1 unspecified atom stereocenters. The van der Waals surface area contributed by atoms with Gasteiger partial charge in [0.05, 0.1) is 25.5 Å². The quantitative estimate of drug-likeness (QED) is 0.678. The molecule has 6 nitrogen and oxygen atoms in total. The molecule has 0 bridgehead atoms. The number of hydrogen-bond donors (Lipinski definition) is 3. The summed E-state index contributed by atoms with van der Waals surface area (Å²) in [6.07, 6.45) is 1.51. The normalized spacial score (nSPS) is 12.2. The van der Waals surface area contributed by atoms with Crippen molar-refractivity contribution in [2.24, 2.45) is 0 Å². The number of halogens is 1. The monoisotopic (exact) mass is 260 g/mol. The summed E-state index contributed by atoms with van der Waals surface area (Å²) in [4.78, 5) is 8.22. The molecule has 1 heterocycles. The number of ether oxygens (including phenoxy) is 1. The molecule has 0 saturated heterocycles. The number of nitrogens with one attached hydrogen (secondary N) is 2. The van der Waals surface area contributed by atoms with E-state index in [2.05, 4.69) is 20.6 Å². The van der Waals surface area contributed by atoms with Gasteiger partial charge in [-0.25, -0.2) is 4.98 Å². The highest BCUT2D eigenvalue weighted by Gasteiger charge is 2.11. The van der Waals surface area contributed by atoms with E-state index >= 15 is 0 Å². The first kappa shape index (κ1) is 14.0. The Labute approximate surface area is 105 Å². The number of aliphatic hydroxyl groups excluding tert-OH is 1. The van der Waals surface area contributed by atoms with Crippen LogP contribution in [-0.2, 0) is 4.74 Å². The summed E-state index contributed by atoms with van der Waals surface area (Å²) in [5.74, 6) is 0.974. The fraction of sp³-hybridized carbons (Fsp3) is 0.600. The van der Waals surface area contributed by atoms with Crippen molar-refractivity contribution in [2.75, 3.05) is 37.5 Å². The van der Waals surface area contributed by atoms with Crippen LogP contribution in [0.3, 0.4) is 0 Å². The van der Waals surface area contributed by atoms with Crippen LogP contribution in [0.4, 0.5) is 11.8 Å². The van der Waals surface area contributed by atoms with Crippen molar-refractivity contribution in [3.8, 4) is 0 Å². The maximum absolute atomic E-state index is 9.14. The molecule has 1 aromatic rings. The molecule has 1 rings (SSSR count). The van der Waals surface area contributed by atoms with Gasteiger partial charge in [0.1, 0.15) is 5.02 Å². The van der Waals surface area contributed by atoms with Crippen LogP contribution >= 0.6 is 11.6 Å². The molecule has 0 amide bonds. The Bertz CT molecular complexity index is 351. The average molecular weight is 261 g/mol. The van der Waals surface area contributed by atoms with Gasteiger partial charge in [0.2, 0.25) is 5.95 Å². The summed E-state index contributed by atoms with van der Waals surface area (Å²) < 4.78 is 4.96. The van der Waals surface area contributed by atoms with Crippen LogP contribution in [-0.4, -0.2) is 48.0 Å². The summed E-state index contributed by atoms with van der Waals surface area (Å²) in [7, 11) is 1.57. The fourth-order valence-corrected chi connectivity index (χ4v) is 1.39. The number of aliphatic hydroxyl groups is 1. The lowest BCUT2D eigenvalue weighted by atomic mass is 10.3. The van der Waals surface area contributed by atoms with Crippen LogP contribution < -0.4 is 10.6 Å². The lowest BCUT2D eigenvalue weighted by Crippen LogP contribution is -2.29. The highest BCUT2D eigenvalue weighted by Crippen LogP contribution is 2.20. The van der Waals surface area contributed by atoms with Crippen molar-refractivity contribution in [3.63, 3.8) is 0 Å². The third-order valence-electron chi connectivity index (χ3n) is 2.01. The molecule has 1 aromatic heterocycles. The summed E-state index contributed by atoms with van der Waals surface area (Å²) >= 11 is 5.96. The molecule has 1 atom stereocenters. The Hall–Kier alpha value is -1.11. The van der Waals surface area contributed by atoms with Crippen molar-refractivity contribution in [2.45, 2.75) is 13.0 Å². The van der Waals surface area contributed by atoms with E-state index in [1.807, 2.05) is 6.92 Å². The topological polar surface area (TPSA) is 79.3 Å². The van der Waals surface area contributed by atoms with Gasteiger partial charge in [0.15, 0.2) is 5.82 Å². The van der Waals surface area contributed by atoms with Gasteiger partial charge in [-0.2, -0.15) is 4.98 Å². The van der Waals surface area contributed by atoms with Crippen LogP contribution in [0.5, 0.6) is 0 Å². The van der Waals surface area contributed by atoms with Gasteiger partial charge < -0.3 is 20.5 Å². The van der Waals surface area contributed by atoms with Gasteiger partial charge in [0, 0.05) is 13.7 Å². The third kappa shape index (κ3) is 4.33. The molecule has 0 spiro atoms. The lowest BCUT2D eigenvalue weighted by molar-refractivity contribution is 0.153. The largest absolute Gasteiger partial charge is 0.394 e. The Morgan fingerprint density at radius 2 is 2.35 bits per heavy atom. The van der Waals surface area contributed by atoms with E-state index in [1.165, 1.54) is 6.20 Å². The molecule has 7 heteroatoms. The number of methoxy groups -OCH3 is 1. The van der Waals surface area contributed by atoms with Gasteiger partial charge in [-0.3, -0.25) is 0 Å². The summed E-state index contributed by atoms with van der Waals surface area (Å²) in [6.45, 7) is 2.98. The van der Waals surface area contributed by atoms with Gasteiger partial charge in [0.25, 0.3) is 0 Å².